The molecule has 0 unspecified atom stereocenters. The predicted octanol–water partition coefficient (Wildman–Crippen LogP) is 3.77. The van der Waals surface area contributed by atoms with Crippen LogP contribution in [0.15, 0.2) is 30.6 Å². The van der Waals surface area contributed by atoms with Gasteiger partial charge in [0.2, 0.25) is 5.91 Å². The van der Waals surface area contributed by atoms with Crippen molar-refractivity contribution in [2.24, 2.45) is 5.41 Å². The Labute approximate surface area is 158 Å². The summed E-state index contributed by atoms with van der Waals surface area (Å²) in [6.45, 7) is 4.89. The standard InChI is InChI=1S/C18H19F4N3O3/c1-17(2,3)16(27)28-10-25-9-13(8-23-25)24-15(26)6-11-4-5-12(19)7-14(11)18(20,21)22/h4-5,7-9H,6,10H2,1-3H3,(H,24,26). The minimum absolute atomic E-state index is 0.178. The Morgan fingerprint density at radius 3 is 2.50 bits per heavy atom. The molecule has 0 aliphatic rings. The van der Waals surface area contributed by atoms with E-state index in [9.17, 15) is 27.2 Å². The van der Waals surface area contributed by atoms with Crippen molar-refractivity contribution in [3.8, 4) is 0 Å². The molecule has 6 nitrogen and oxygen atoms in total. The third-order valence-corrected chi connectivity index (χ3v) is 3.59. The monoisotopic (exact) mass is 401 g/mol. The van der Waals surface area contributed by atoms with Crippen LogP contribution in [0, 0.1) is 11.2 Å². The van der Waals surface area contributed by atoms with Gasteiger partial charge >= 0.3 is 12.1 Å². The van der Waals surface area contributed by atoms with Gasteiger partial charge in [-0.25, -0.2) is 9.07 Å². The van der Waals surface area contributed by atoms with E-state index in [1.54, 1.807) is 20.8 Å². The van der Waals surface area contributed by atoms with E-state index in [0.717, 1.165) is 12.1 Å². The number of anilines is 1. The number of aromatic nitrogens is 2. The molecule has 0 radical (unpaired) electrons. The van der Waals surface area contributed by atoms with Crippen molar-refractivity contribution in [3.05, 3.63) is 47.5 Å². The van der Waals surface area contributed by atoms with E-state index in [1.807, 2.05) is 0 Å². The van der Waals surface area contributed by atoms with Gasteiger partial charge in [0.05, 0.1) is 35.5 Å². The first-order chi connectivity index (χ1) is 12.9. The van der Waals surface area contributed by atoms with Gasteiger partial charge in [-0.3, -0.25) is 9.59 Å². The third-order valence-electron chi connectivity index (χ3n) is 3.59. The highest BCUT2D eigenvalue weighted by atomic mass is 19.4. The number of hydrogen-bond donors (Lipinski definition) is 1. The lowest BCUT2D eigenvalue weighted by Gasteiger charge is -2.16. The van der Waals surface area contributed by atoms with Crippen LogP contribution in [0.25, 0.3) is 0 Å². The van der Waals surface area contributed by atoms with Gasteiger partial charge in [0.15, 0.2) is 6.73 Å². The normalized spacial score (nSPS) is 12.0. The average Bonchev–Trinajstić information content (AvgIpc) is 2.99. The maximum Gasteiger partial charge on any atom is 0.416 e. The van der Waals surface area contributed by atoms with Gasteiger partial charge in [-0.2, -0.15) is 18.3 Å². The number of halogens is 4. The zero-order valence-electron chi connectivity index (χ0n) is 15.4. The number of ether oxygens (including phenoxy) is 1. The van der Waals surface area contributed by atoms with Gasteiger partial charge in [0.1, 0.15) is 5.82 Å². The number of rotatable bonds is 5. The molecule has 0 bridgehead atoms. The molecule has 0 fully saturated rings. The van der Waals surface area contributed by atoms with Crippen LogP contribution in [0.3, 0.4) is 0 Å². The topological polar surface area (TPSA) is 73.2 Å². The molecule has 1 N–H and O–H groups in total. The van der Waals surface area contributed by atoms with Gasteiger partial charge in [0, 0.05) is 0 Å². The number of hydrogen-bond acceptors (Lipinski definition) is 4. The van der Waals surface area contributed by atoms with E-state index < -0.39 is 41.3 Å². The fraction of sp³-hybridized carbons (Fsp3) is 0.389. The van der Waals surface area contributed by atoms with E-state index >= 15 is 0 Å². The first-order valence-corrected chi connectivity index (χ1v) is 8.21. The van der Waals surface area contributed by atoms with Crippen LogP contribution in [-0.4, -0.2) is 21.7 Å². The average molecular weight is 401 g/mol. The number of benzene rings is 1. The van der Waals surface area contributed by atoms with Crippen LogP contribution in [0.2, 0.25) is 0 Å². The third kappa shape index (κ3) is 5.80. The molecule has 0 atom stereocenters. The molecule has 2 aromatic rings. The minimum Gasteiger partial charge on any atom is -0.442 e. The van der Waals surface area contributed by atoms with Crippen LogP contribution < -0.4 is 5.32 Å². The summed E-state index contributed by atoms with van der Waals surface area (Å²) in [5.74, 6) is -2.21. The van der Waals surface area contributed by atoms with Crippen molar-refractivity contribution in [1.82, 2.24) is 9.78 Å². The van der Waals surface area contributed by atoms with E-state index in [1.165, 1.54) is 17.1 Å². The Balaban J connectivity index is 2.00. The van der Waals surface area contributed by atoms with Crippen molar-refractivity contribution in [2.45, 2.75) is 40.1 Å². The molecular formula is C18H19F4N3O3. The Morgan fingerprint density at radius 2 is 1.89 bits per heavy atom. The quantitative estimate of drug-likeness (QED) is 0.612. The predicted molar refractivity (Wildman–Crippen MR) is 91.5 cm³/mol. The maximum absolute atomic E-state index is 13.1. The first kappa shape index (κ1) is 21.4. The first-order valence-electron chi connectivity index (χ1n) is 8.21. The highest BCUT2D eigenvalue weighted by Gasteiger charge is 2.34. The summed E-state index contributed by atoms with van der Waals surface area (Å²) >= 11 is 0. The lowest BCUT2D eigenvalue weighted by atomic mass is 9.98. The summed E-state index contributed by atoms with van der Waals surface area (Å²) in [7, 11) is 0. The molecule has 1 amide bonds. The van der Waals surface area contributed by atoms with Gasteiger partial charge in [0.25, 0.3) is 0 Å². The second-order valence-corrected chi connectivity index (χ2v) is 7.10. The Bertz CT molecular complexity index is 870. The summed E-state index contributed by atoms with van der Waals surface area (Å²) in [6.07, 6.45) is -2.75. The van der Waals surface area contributed by atoms with E-state index in [0.29, 0.717) is 6.07 Å². The minimum atomic E-state index is -4.78. The number of esters is 1. The summed E-state index contributed by atoms with van der Waals surface area (Å²) < 4.78 is 58.4. The molecule has 152 valence electrons. The molecule has 1 aromatic heterocycles. The van der Waals surface area contributed by atoms with E-state index in [2.05, 4.69) is 10.4 Å². The summed E-state index contributed by atoms with van der Waals surface area (Å²) in [5.41, 5.74) is -2.02. The molecule has 0 aliphatic heterocycles. The van der Waals surface area contributed by atoms with Gasteiger partial charge in [-0.05, 0) is 38.5 Å². The fourth-order valence-electron chi connectivity index (χ4n) is 2.18. The highest BCUT2D eigenvalue weighted by Crippen LogP contribution is 2.32. The summed E-state index contributed by atoms with van der Waals surface area (Å²) in [6, 6.07) is 2.14. The molecule has 10 heteroatoms. The van der Waals surface area contributed by atoms with Crippen LogP contribution in [0.4, 0.5) is 23.2 Å². The zero-order chi connectivity index (χ0) is 21.1. The number of carbonyl (C=O) groups is 2. The smallest absolute Gasteiger partial charge is 0.416 e. The lowest BCUT2D eigenvalue weighted by molar-refractivity contribution is -0.157. The van der Waals surface area contributed by atoms with Gasteiger partial charge in [-0.1, -0.05) is 6.07 Å². The van der Waals surface area contributed by atoms with E-state index in [-0.39, 0.29) is 18.0 Å². The highest BCUT2D eigenvalue weighted by molar-refractivity contribution is 5.92. The Morgan fingerprint density at radius 1 is 1.21 bits per heavy atom. The Kier molecular flexibility index (Phi) is 6.10. The zero-order valence-corrected chi connectivity index (χ0v) is 15.4. The second-order valence-electron chi connectivity index (χ2n) is 7.10. The number of carbonyl (C=O) groups excluding carboxylic acids is 2. The molecule has 1 heterocycles. The largest absolute Gasteiger partial charge is 0.442 e. The molecule has 28 heavy (non-hydrogen) atoms. The van der Waals surface area contributed by atoms with Crippen LogP contribution in [0.1, 0.15) is 31.9 Å². The van der Waals surface area contributed by atoms with Gasteiger partial charge < -0.3 is 10.1 Å². The summed E-state index contributed by atoms with van der Waals surface area (Å²) in [4.78, 5) is 23.8. The number of nitrogens with one attached hydrogen (secondary N) is 1. The van der Waals surface area contributed by atoms with Crippen molar-refractivity contribution in [2.75, 3.05) is 5.32 Å². The van der Waals surface area contributed by atoms with E-state index in [4.69, 9.17) is 4.74 Å². The van der Waals surface area contributed by atoms with Gasteiger partial charge in [-0.15, -0.1) is 0 Å². The molecule has 0 spiro atoms. The van der Waals surface area contributed by atoms with Crippen LogP contribution in [0.5, 0.6) is 0 Å². The number of nitrogens with zero attached hydrogens (tertiary/aromatic N) is 2. The Hall–Kier alpha value is -2.91. The van der Waals surface area contributed by atoms with Crippen molar-refractivity contribution in [3.63, 3.8) is 0 Å². The van der Waals surface area contributed by atoms with Crippen molar-refractivity contribution >= 4 is 17.6 Å². The fourth-order valence-corrected chi connectivity index (χ4v) is 2.18. The lowest BCUT2D eigenvalue weighted by Crippen LogP contribution is -2.24. The summed E-state index contributed by atoms with van der Waals surface area (Å²) in [5, 5.41) is 6.29. The molecule has 0 saturated carbocycles. The SMILES string of the molecule is CC(C)(C)C(=O)OCn1cc(NC(=O)Cc2ccc(F)cc2C(F)(F)F)cn1. The molecule has 0 saturated heterocycles. The number of amides is 1. The second kappa shape index (κ2) is 7.99. The molecule has 1 aromatic carbocycles. The molecular weight excluding hydrogens is 382 g/mol. The van der Waals surface area contributed by atoms with Crippen LogP contribution in [-0.2, 0) is 33.7 Å². The molecule has 0 aliphatic carbocycles. The van der Waals surface area contributed by atoms with Crippen LogP contribution >= 0.6 is 0 Å². The number of alkyl halides is 3. The maximum atomic E-state index is 13.1. The molecule has 2 rings (SSSR count). The van der Waals surface area contributed by atoms with Crippen molar-refractivity contribution < 1.29 is 31.9 Å². The van der Waals surface area contributed by atoms with Crippen molar-refractivity contribution in [1.29, 1.82) is 0 Å².